The fourth-order valence-corrected chi connectivity index (χ4v) is 3.01. The SMILES string of the molecule is O=C(NCCC[C@@H]1CCOC1)c1ccc2c(c1)CCCO2. The quantitative estimate of drug-likeness (QED) is 0.847. The molecule has 3 rings (SSSR count). The van der Waals surface area contributed by atoms with Crippen molar-refractivity contribution in [3.05, 3.63) is 29.3 Å². The van der Waals surface area contributed by atoms with Crippen LogP contribution in [0.2, 0.25) is 0 Å². The highest BCUT2D eigenvalue weighted by molar-refractivity contribution is 5.94. The van der Waals surface area contributed by atoms with Crippen LogP contribution in [-0.2, 0) is 11.2 Å². The minimum atomic E-state index is 0.0195. The standard InChI is InChI=1S/C17H23NO3/c19-17(18-8-1-3-13-7-10-20-12-13)15-5-6-16-14(11-15)4-2-9-21-16/h5-6,11,13H,1-4,7-10,12H2,(H,18,19)/t13-/m1/s1. The number of aryl methyl sites for hydroxylation is 1. The molecule has 0 aliphatic carbocycles. The predicted octanol–water partition coefficient (Wildman–Crippen LogP) is 2.56. The van der Waals surface area contributed by atoms with Crippen molar-refractivity contribution in [3.8, 4) is 5.75 Å². The van der Waals surface area contributed by atoms with Crippen molar-refractivity contribution in [1.82, 2.24) is 5.32 Å². The molecule has 0 saturated carbocycles. The summed E-state index contributed by atoms with van der Waals surface area (Å²) in [6.45, 7) is 3.30. The molecule has 0 spiro atoms. The fourth-order valence-electron chi connectivity index (χ4n) is 3.01. The molecule has 0 bridgehead atoms. The lowest BCUT2D eigenvalue weighted by Gasteiger charge is -2.17. The van der Waals surface area contributed by atoms with Crippen LogP contribution in [0.25, 0.3) is 0 Å². The Morgan fingerprint density at radius 1 is 1.33 bits per heavy atom. The number of nitrogens with one attached hydrogen (secondary N) is 1. The second-order valence-electron chi connectivity index (χ2n) is 5.90. The zero-order chi connectivity index (χ0) is 14.5. The highest BCUT2D eigenvalue weighted by atomic mass is 16.5. The zero-order valence-corrected chi connectivity index (χ0v) is 12.4. The van der Waals surface area contributed by atoms with E-state index in [9.17, 15) is 4.79 Å². The summed E-state index contributed by atoms with van der Waals surface area (Å²) < 4.78 is 10.9. The molecular formula is C17H23NO3. The molecule has 1 atom stereocenters. The van der Waals surface area contributed by atoms with Gasteiger partial charge in [0.15, 0.2) is 0 Å². The van der Waals surface area contributed by atoms with Crippen molar-refractivity contribution in [2.45, 2.75) is 32.1 Å². The smallest absolute Gasteiger partial charge is 0.251 e. The molecule has 1 N–H and O–H groups in total. The molecular weight excluding hydrogens is 266 g/mol. The average Bonchev–Trinajstić information content (AvgIpc) is 3.04. The van der Waals surface area contributed by atoms with Gasteiger partial charge in [0.25, 0.3) is 5.91 Å². The Morgan fingerprint density at radius 3 is 3.14 bits per heavy atom. The second-order valence-corrected chi connectivity index (χ2v) is 5.90. The Morgan fingerprint density at radius 2 is 2.29 bits per heavy atom. The third-order valence-electron chi connectivity index (χ3n) is 4.27. The van der Waals surface area contributed by atoms with Crippen LogP contribution in [0.15, 0.2) is 18.2 Å². The van der Waals surface area contributed by atoms with Gasteiger partial charge in [-0.3, -0.25) is 4.79 Å². The Balaban J connectivity index is 1.46. The summed E-state index contributed by atoms with van der Waals surface area (Å²) in [6, 6.07) is 5.73. The fraction of sp³-hybridized carbons (Fsp3) is 0.588. The molecule has 1 aromatic rings. The normalized spacial score (nSPS) is 20.7. The van der Waals surface area contributed by atoms with E-state index in [2.05, 4.69) is 5.32 Å². The lowest BCUT2D eigenvalue weighted by molar-refractivity contribution is 0.0952. The Bertz CT molecular complexity index is 495. The van der Waals surface area contributed by atoms with Crippen LogP contribution in [0.1, 0.15) is 41.6 Å². The van der Waals surface area contributed by atoms with Gasteiger partial charge in [0.05, 0.1) is 6.61 Å². The molecule has 1 aromatic carbocycles. The van der Waals surface area contributed by atoms with E-state index in [0.717, 1.165) is 68.9 Å². The molecule has 1 amide bonds. The maximum atomic E-state index is 12.1. The molecule has 2 aliphatic rings. The number of hydrogen-bond acceptors (Lipinski definition) is 3. The summed E-state index contributed by atoms with van der Waals surface area (Å²) in [7, 11) is 0. The van der Waals surface area contributed by atoms with Crippen molar-refractivity contribution in [1.29, 1.82) is 0 Å². The number of carbonyl (C=O) groups is 1. The van der Waals surface area contributed by atoms with Gasteiger partial charge in [-0.15, -0.1) is 0 Å². The van der Waals surface area contributed by atoms with Crippen LogP contribution < -0.4 is 10.1 Å². The van der Waals surface area contributed by atoms with E-state index >= 15 is 0 Å². The van der Waals surface area contributed by atoms with Crippen molar-refractivity contribution in [2.75, 3.05) is 26.4 Å². The van der Waals surface area contributed by atoms with Gasteiger partial charge < -0.3 is 14.8 Å². The highest BCUT2D eigenvalue weighted by Gasteiger charge is 2.16. The highest BCUT2D eigenvalue weighted by Crippen LogP contribution is 2.25. The maximum Gasteiger partial charge on any atom is 0.251 e. The van der Waals surface area contributed by atoms with Gasteiger partial charge in [-0.2, -0.15) is 0 Å². The van der Waals surface area contributed by atoms with Crippen LogP contribution in [0.4, 0.5) is 0 Å². The van der Waals surface area contributed by atoms with E-state index in [1.54, 1.807) is 0 Å². The Kier molecular flexibility index (Phi) is 4.76. The predicted molar refractivity (Wildman–Crippen MR) is 80.8 cm³/mol. The second kappa shape index (κ2) is 6.94. The van der Waals surface area contributed by atoms with Gasteiger partial charge in [0, 0.05) is 25.3 Å². The summed E-state index contributed by atoms with van der Waals surface area (Å²) in [4.78, 5) is 12.1. The lowest BCUT2D eigenvalue weighted by atomic mass is 10.0. The first kappa shape index (κ1) is 14.4. The van der Waals surface area contributed by atoms with Crippen molar-refractivity contribution < 1.29 is 14.3 Å². The Labute approximate surface area is 125 Å². The molecule has 0 aromatic heterocycles. The molecule has 0 unspecified atom stereocenters. The summed E-state index contributed by atoms with van der Waals surface area (Å²) in [6.07, 6.45) is 5.35. The molecule has 4 nitrogen and oxygen atoms in total. The van der Waals surface area contributed by atoms with E-state index in [0.29, 0.717) is 5.92 Å². The van der Waals surface area contributed by atoms with Crippen LogP contribution in [0, 0.1) is 5.92 Å². The number of amides is 1. The van der Waals surface area contributed by atoms with Crippen LogP contribution in [0.3, 0.4) is 0 Å². The zero-order valence-electron chi connectivity index (χ0n) is 12.4. The van der Waals surface area contributed by atoms with E-state index in [1.165, 1.54) is 6.42 Å². The first-order valence-electron chi connectivity index (χ1n) is 7.94. The summed E-state index contributed by atoms with van der Waals surface area (Å²) in [5.74, 6) is 1.63. The van der Waals surface area contributed by atoms with E-state index in [-0.39, 0.29) is 5.91 Å². The largest absolute Gasteiger partial charge is 0.493 e. The van der Waals surface area contributed by atoms with Gasteiger partial charge in [0.2, 0.25) is 0 Å². The van der Waals surface area contributed by atoms with Crippen molar-refractivity contribution in [2.24, 2.45) is 5.92 Å². The van der Waals surface area contributed by atoms with Crippen molar-refractivity contribution in [3.63, 3.8) is 0 Å². The first-order chi connectivity index (χ1) is 10.3. The number of ether oxygens (including phenoxy) is 2. The Hall–Kier alpha value is -1.55. The third-order valence-corrected chi connectivity index (χ3v) is 4.27. The van der Waals surface area contributed by atoms with Gasteiger partial charge in [0.1, 0.15) is 5.75 Å². The summed E-state index contributed by atoms with van der Waals surface area (Å²) >= 11 is 0. The van der Waals surface area contributed by atoms with Crippen LogP contribution in [0.5, 0.6) is 5.75 Å². The van der Waals surface area contributed by atoms with E-state index < -0.39 is 0 Å². The monoisotopic (exact) mass is 289 g/mol. The molecule has 114 valence electrons. The molecule has 2 aliphatic heterocycles. The molecule has 1 saturated heterocycles. The topological polar surface area (TPSA) is 47.6 Å². The average molecular weight is 289 g/mol. The van der Waals surface area contributed by atoms with Gasteiger partial charge in [-0.05, 0) is 61.8 Å². The number of fused-ring (bicyclic) bond motifs is 1. The molecule has 21 heavy (non-hydrogen) atoms. The van der Waals surface area contributed by atoms with Crippen LogP contribution in [-0.4, -0.2) is 32.3 Å². The maximum absolute atomic E-state index is 12.1. The summed E-state index contributed by atoms with van der Waals surface area (Å²) in [5, 5.41) is 3.01. The van der Waals surface area contributed by atoms with E-state index in [4.69, 9.17) is 9.47 Å². The van der Waals surface area contributed by atoms with Gasteiger partial charge >= 0.3 is 0 Å². The van der Waals surface area contributed by atoms with Gasteiger partial charge in [-0.1, -0.05) is 0 Å². The van der Waals surface area contributed by atoms with E-state index in [1.807, 2.05) is 18.2 Å². The van der Waals surface area contributed by atoms with Crippen molar-refractivity contribution >= 4 is 5.91 Å². The first-order valence-corrected chi connectivity index (χ1v) is 7.94. The number of carbonyl (C=O) groups excluding carboxylic acids is 1. The van der Waals surface area contributed by atoms with Gasteiger partial charge in [-0.25, -0.2) is 0 Å². The molecule has 4 heteroatoms. The summed E-state index contributed by atoms with van der Waals surface area (Å²) in [5.41, 5.74) is 1.89. The third kappa shape index (κ3) is 3.76. The number of benzene rings is 1. The molecule has 1 fully saturated rings. The molecule has 2 heterocycles. The molecule has 0 radical (unpaired) electrons. The minimum Gasteiger partial charge on any atom is -0.493 e. The minimum absolute atomic E-state index is 0.0195. The lowest BCUT2D eigenvalue weighted by Crippen LogP contribution is -2.25. The van der Waals surface area contributed by atoms with Crippen LogP contribution >= 0.6 is 0 Å². The number of rotatable bonds is 5. The number of hydrogen-bond donors (Lipinski definition) is 1.